The number of likely N-dealkylation sites (tertiary alicyclic amines) is 3. The summed E-state index contributed by atoms with van der Waals surface area (Å²) in [5.74, 6) is 2.75. The first-order valence-electron chi connectivity index (χ1n) is 18.0. The van der Waals surface area contributed by atoms with Gasteiger partial charge in [0.15, 0.2) is 5.65 Å². The van der Waals surface area contributed by atoms with Gasteiger partial charge in [-0.05, 0) is 115 Å². The second kappa shape index (κ2) is 14.3. The Kier molecular flexibility index (Phi) is 9.73. The van der Waals surface area contributed by atoms with Gasteiger partial charge >= 0.3 is 6.09 Å². The van der Waals surface area contributed by atoms with Crippen LogP contribution >= 0.6 is 0 Å². The highest BCUT2D eigenvalue weighted by Crippen LogP contribution is 2.36. The predicted octanol–water partition coefficient (Wildman–Crippen LogP) is 6.62. The smallest absolute Gasteiger partial charge is 0.410 e. The highest BCUT2D eigenvalue weighted by Gasteiger charge is 2.33. The number of ether oxygens (including phenoxy) is 2. The lowest BCUT2D eigenvalue weighted by Gasteiger charge is -2.43. The lowest BCUT2D eigenvalue weighted by Crippen LogP contribution is -2.50. The SMILES string of the molecule is CC(C)(C)OC(=O)N1CCC(N2CCC(CN3CCC(n4nc(-c5ccc(Oc6ccccc6)cc5)c5c(N)ncnc54)CC3)CC2)CC1. The molecule has 3 aliphatic heterocycles. The first-order valence-corrected chi connectivity index (χ1v) is 18.0. The third kappa shape index (κ3) is 7.83. The lowest BCUT2D eigenvalue weighted by molar-refractivity contribution is 0.0110. The molecule has 0 atom stereocenters. The summed E-state index contributed by atoms with van der Waals surface area (Å²) < 4.78 is 13.7. The van der Waals surface area contributed by atoms with Crippen LogP contribution in [0.5, 0.6) is 11.5 Å². The van der Waals surface area contributed by atoms with E-state index in [2.05, 4.69) is 24.4 Å². The van der Waals surface area contributed by atoms with E-state index in [1.54, 1.807) is 6.33 Å². The second-order valence-corrected chi connectivity index (χ2v) is 14.9. The Balaban J connectivity index is 0.916. The van der Waals surface area contributed by atoms with Crippen molar-refractivity contribution >= 4 is 22.9 Å². The Labute approximate surface area is 289 Å². The minimum Gasteiger partial charge on any atom is -0.457 e. The van der Waals surface area contributed by atoms with Crippen LogP contribution in [0.25, 0.3) is 22.3 Å². The number of hydrogen-bond acceptors (Lipinski definition) is 9. The van der Waals surface area contributed by atoms with E-state index in [0.717, 1.165) is 111 Å². The van der Waals surface area contributed by atoms with E-state index in [-0.39, 0.29) is 12.1 Å². The summed E-state index contributed by atoms with van der Waals surface area (Å²) in [6, 6.07) is 18.6. The van der Waals surface area contributed by atoms with Crippen molar-refractivity contribution in [3.05, 3.63) is 60.9 Å². The molecule has 0 aliphatic carbocycles. The van der Waals surface area contributed by atoms with Crippen molar-refractivity contribution < 1.29 is 14.3 Å². The Hall–Kier alpha value is -4.22. The molecule has 3 fully saturated rings. The molecule has 0 unspecified atom stereocenters. The number of para-hydroxylation sites is 1. The fraction of sp³-hybridized carbons (Fsp3) is 0.526. The molecule has 0 spiro atoms. The molecule has 11 nitrogen and oxygen atoms in total. The number of rotatable bonds is 7. The van der Waals surface area contributed by atoms with Crippen molar-refractivity contribution in [1.29, 1.82) is 0 Å². The van der Waals surface area contributed by atoms with Gasteiger partial charge in [0.1, 0.15) is 34.9 Å². The van der Waals surface area contributed by atoms with Gasteiger partial charge in [-0.15, -0.1) is 0 Å². The number of nitrogens with two attached hydrogens (primary N) is 1. The molecule has 3 aliphatic rings. The van der Waals surface area contributed by atoms with E-state index in [0.29, 0.717) is 11.9 Å². The summed E-state index contributed by atoms with van der Waals surface area (Å²) in [5, 5.41) is 5.93. The van der Waals surface area contributed by atoms with Crippen molar-refractivity contribution in [1.82, 2.24) is 34.4 Å². The normalized spacial score (nSPS) is 19.4. The Morgan fingerprint density at radius 1 is 0.816 bits per heavy atom. The molecule has 0 radical (unpaired) electrons. The van der Waals surface area contributed by atoms with Crippen LogP contribution in [0.3, 0.4) is 0 Å². The van der Waals surface area contributed by atoms with Gasteiger partial charge in [-0.3, -0.25) is 0 Å². The van der Waals surface area contributed by atoms with Crippen molar-refractivity contribution in [2.24, 2.45) is 5.92 Å². The van der Waals surface area contributed by atoms with Crippen LogP contribution in [0.4, 0.5) is 10.6 Å². The van der Waals surface area contributed by atoms with Crippen molar-refractivity contribution in [3.8, 4) is 22.8 Å². The summed E-state index contributed by atoms with van der Waals surface area (Å²) in [7, 11) is 0. The number of piperidine rings is 3. The van der Waals surface area contributed by atoms with Gasteiger partial charge in [-0.25, -0.2) is 19.4 Å². The number of nitrogens with zero attached hydrogens (tertiary/aromatic N) is 7. The topological polar surface area (TPSA) is 115 Å². The van der Waals surface area contributed by atoms with Gasteiger partial charge in [0, 0.05) is 44.3 Å². The molecule has 11 heteroatoms. The zero-order valence-corrected chi connectivity index (χ0v) is 29.1. The molecular formula is C38H50N8O3. The number of hydrogen-bond donors (Lipinski definition) is 1. The highest BCUT2D eigenvalue weighted by atomic mass is 16.6. The molecule has 0 bridgehead atoms. The molecule has 0 saturated carbocycles. The number of benzene rings is 2. The molecule has 2 aromatic heterocycles. The number of fused-ring (bicyclic) bond motifs is 1. The van der Waals surface area contributed by atoms with Gasteiger partial charge < -0.3 is 29.9 Å². The Morgan fingerprint density at radius 3 is 2.14 bits per heavy atom. The van der Waals surface area contributed by atoms with Crippen LogP contribution in [0.1, 0.15) is 65.3 Å². The fourth-order valence-electron chi connectivity index (χ4n) is 7.71. The molecule has 3 saturated heterocycles. The number of amides is 1. The van der Waals surface area contributed by atoms with E-state index in [9.17, 15) is 4.79 Å². The fourth-order valence-corrected chi connectivity index (χ4v) is 7.71. The second-order valence-electron chi connectivity index (χ2n) is 14.9. The maximum absolute atomic E-state index is 12.5. The monoisotopic (exact) mass is 666 g/mol. The van der Waals surface area contributed by atoms with Gasteiger partial charge in [0.05, 0.1) is 11.4 Å². The third-order valence-electron chi connectivity index (χ3n) is 10.3. The molecular weight excluding hydrogens is 616 g/mol. The Bertz CT molecular complexity index is 1700. The van der Waals surface area contributed by atoms with Gasteiger partial charge in [0.2, 0.25) is 0 Å². The maximum atomic E-state index is 12.5. The van der Waals surface area contributed by atoms with Crippen molar-refractivity contribution in [2.45, 2.75) is 77.0 Å². The van der Waals surface area contributed by atoms with Gasteiger partial charge in [0.25, 0.3) is 0 Å². The predicted molar refractivity (Wildman–Crippen MR) is 192 cm³/mol. The van der Waals surface area contributed by atoms with Crippen LogP contribution in [0.15, 0.2) is 60.9 Å². The van der Waals surface area contributed by atoms with E-state index >= 15 is 0 Å². The number of nitrogen functional groups attached to an aromatic ring is 1. The summed E-state index contributed by atoms with van der Waals surface area (Å²) in [6.45, 7) is 12.9. The molecule has 260 valence electrons. The molecule has 7 rings (SSSR count). The van der Waals surface area contributed by atoms with Gasteiger partial charge in [-0.1, -0.05) is 18.2 Å². The molecule has 1 amide bonds. The molecule has 4 aromatic rings. The first kappa shape index (κ1) is 33.3. The number of carbonyl (C=O) groups is 1. The molecule has 2 aromatic carbocycles. The summed E-state index contributed by atoms with van der Waals surface area (Å²) in [5.41, 5.74) is 8.55. The largest absolute Gasteiger partial charge is 0.457 e. The van der Waals surface area contributed by atoms with Crippen LogP contribution in [0, 0.1) is 5.92 Å². The number of carbonyl (C=O) groups excluding carboxylic acids is 1. The highest BCUT2D eigenvalue weighted by molar-refractivity contribution is 5.98. The van der Waals surface area contributed by atoms with Crippen molar-refractivity contribution in [3.63, 3.8) is 0 Å². The lowest BCUT2D eigenvalue weighted by atomic mass is 9.92. The number of aromatic nitrogens is 4. The number of anilines is 1. The van der Waals surface area contributed by atoms with E-state index in [4.69, 9.17) is 20.3 Å². The molecule has 5 heterocycles. The van der Waals surface area contributed by atoms with Crippen LogP contribution in [-0.2, 0) is 4.74 Å². The summed E-state index contributed by atoms with van der Waals surface area (Å²) in [6.07, 6.45) is 7.97. The average Bonchev–Trinajstić information content (AvgIpc) is 3.50. The molecule has 2 N–H and O–H groups in total. The minimum atomic E-state index is -0.446. The first-order chi connectivity index (χ1) is 23.7. The van der Waals surface area contributed by atoms with E-state index in [1.165, 1.54) is 12.8 Å². The van der Waals surface area contributed by atoms with Crippen LogP contribution in [-0.4, -0.2) is 98.0 Å². The van der Waals surface area contributed by atoms with Gasteiger partial charge in [-0.2, -0.15) is 5.10 Å². The molecule has 49 heavy (non-hydrogen) atoms. The third-order valence-corrected chi connectivity index (χ3v) is 10.3. The summed E-state index contributed by atoms with van der Waals surface area (Å²) in [4.78, 5) is 28.7. The standard InChI is InChI=1S/C38H50N8O3/c1-38(2,3)49-37(47)45-23-17-29(18-24-45)44-21-13-27(14-22-44)25-43-19-15-30(16-20-43)46-36-33(35(39)40-26-41-36)34(42-46)28-9-11-32(12-10-28)48-31-7-5-4-6-8-31/h4-12,26-27,29-30H,13-25H2,1-3H3,(H2,39,40,41). The quantitative estimate of drug-likeness (QED) is 0.233. The van der Waals surface area contributed by atoms with Crippen molar-refractivity contribution in [2.75, 3.05) is 51.5 Å². The van der Waals surface area contributed by atoms with E-state index < -0.39 is 5.60 Å². The van der Waals surface area contributed by atoms with Crippen LogP contribution in [0.2, 0.25) is 0 Å². The zero-order valence-electron chi connectivity index (χ0n) is 29.1. The average molecular weight is 667 g/mol. The zero-order chi connectivity index (χ0) is 34.0. The summed E-state index contributed by atoms with van der Waals surface area (Å²) >= 11 is 0. The maximum Gasteiger partial charge on any atom is 0.410 e. The van der Waals surface area contributed by atoms with E-state index in [1.807, 2.05) is 80.3 Å². The Morgan fingerprint density at radius 2 is 1.47 bits per heavy atom. The minimum absolute atomic E-state index is 0.174. The van der Waals surface area contributed by atoms with Crippen LogP contribution < -0.4 is 10.5 Å².